The number of nitriles is 2. The SMILES string of the molecule is Cc1cc(C(=O)CC#N)c(C)[nH]1.Cc1ccc(C(=O)CC#N)s1. The van der Waals surface area contributed by atoms with Gasteiger partial charge in [0.05, 0.1) is 29.9 Å². The molecule has 2 aromatic heterocycles. The van der Waals surface area contributed by atoms with E-state index in [0.29, 0.717) is 10.4 Å². The standard InChI is InChI=1S/C9H10N2O.C8H7NOS/c1-6-5-8(7(2)11-6)9(12)3-4-10;1-6-2-3-8(11-6)7(10)4-5-9/h5,11H,3H2,1-2H3;2-3H,4H2,1H3. The van der Waals surface area contributed by atoms with Crippen LogP contribution in [-0.4, -0.2) is 16.6 Å². The van der Waals surface area contributed by atoms with Crippen LogP contribution < -0.4 is 0 Å². The minimum atomic E-state index is -0.112. The lowest BCUT2D eigenvalue weighted by Crippen LogP contribution is -1.97. The van der Waals surface area contributed by atoms with Crippen LogP contribution >= 0.6 is 11.3 Å². The Morgan fingerprint density at radius 3 is 2.13 bits per heavy atom. The van der Waals surface area contributed by atoms with Crippen LogP contribution in [0.1, 0.15) is 49.1 Å². The molecule has 2 heterocycles. The Hall–Kier alpha value is -2.70. The molecular formula is C17H17N3O2S. The van der Waals surface area contributed by atoms with Crippen LogP contribution in [0.2, 0.25) is 0 Å². The van der Waals surface area contributed by atoms with Crippen molar-refractivity contribution in [1.29, 1.82) is 10.5 Å². The van der Waals surface area contributed by atoms with Crippen molar-refractivity contribution in [3.05, 3.63) is 44.9 Å². The third-order valence-corrected chi connectivity index (χ3v) is 3.99. The van der Waals surface area contributed by atoms with E-state index in [-0.39, 0.29) is 24.4 Å². The van der Waals surface area contributed by atoms with E-state index in [1.54, 1.807) is 12.1 Å². The molecule has 0 bridgehead atoms. The van der Waals surface area contributed by atoms with Gasteiger partial charge in [0.2, 0.25) is 0 Å². The van der Waals surface area contributed by atoms with Crippen molar-refractivity contribution >= 4 is 22.9 Å². The van der Waals surface area contributed by atoms with Gasteiger partial charge in [-0.05, 0) is 39.0 Å². The molecule has 0 aliphatic carbocycles. The predicted molar refractivity (Wildman–Crippen MR) is 88.4 cm³/mol. The second-order valence-electron chi connectivity index (χ2n) is 4.92. The zero-order valence-electron chi connectivity index (χ0n) is 13.3. The largest absolute Gasteiger partial charge is 0.362 e. The Morgan fingerprint density at radius 2 is 1.70 bits per heavy atom. The maximum absolute atomic E-state index is 11.2. The van der Waals surface area contributed by atoms with E-state index >= 15 is 0 Å². The average Bonchev–Trinajstić information content (AvgIpc) is 3.06. The van der Waals surface area contributed by atoms with Crippen molar-refractivity contribution in [1.82, 2.24) is 4.98 Å². The molecule has 5 nitrogen and oxygen atoms in total. The summed E-state index contributed by atoms with van der Waals surface area (Å²) < 4.78 is 0. The van der Waals surface area contributed by atoms with Crippen LogP contribution in [-0.2, 0) is 0 Å². The topological polar surface area (TPSA) is 97.5 Å². The van der Waals surface area contributed by atoms with E-state index in [4.69, 9.17) is 10.5 Å². The first-order valence-electron chi connectivity index (χ1n) is 6.92. The van der Waals surface area contributed by atoms with Crippen LogP contribution in [0.25, 0.3) is 0 Å². The highest BCUT2D eigenvalue weighted by molar-refractivity contribution is 7.14. The van der Waals surface area contributed by atoms with Crippen LogP contribution in [0.15, 0.2) is 18.2 Å². The number of thiophene rings is 1. The summed E-state index contributed by atoms with van der Waals surface area (Å²) in [6, 6.07) is 9.09. The van der Waals surface area contributed by atoms with E-state index in [9.17, 15) is 9.59 Å². The number of rotatable bonds is 4. The Bertz CT molecular complexity index is 788. The number of carbonyl (C=O) groups excluding carboxylic acids is 2. The van der Waals surface area contributed by atoms with Gasteiger partial charge in [-0.2, -0.15) is 10.5 Å². The van der Waals surface area contributed by atoms with Crippen LogP contribution in [0.4, 0.5) is 0 Å². The van der Waals surface area contributed by atoms with Gasteiger partial charge in [-0.25, -0.2) is 0 Å². The summed E-state index contributed by atoms with van der Waals surface area (Å²) >= 11 is 1.44. The Labute approximate surface area is 139 Å². The first-order valence-corrected chi connectivity index (χ1v) is 7.73. The Kier molecular flexibility index (Phi) is 6.92. The summed E-state index contributed by atoms with van der Waals surface area (Å²) in [6.45, 7) is 5.65. The molecule has 118 valence electrons. The smallest absolute Gasteiger partial charge is 0.186 e. The van der Waals surface area contributed by atoms with Crippen molar-refractivity contribution < 1.29 is 9.59 Å². The summed E-state index contributed by atoms with van der Waals surface area (Å²) in [5.41, 5.74) is 2.43. The van der Waals surface area contributed by atoms with Crippen molar-refractivity contribution in [2.75, 3.05) is 0 Å². The zero-order valence-corrected chi connectivity index (χ0v) is 14.1. The molecule has 1 N–H and O–H groups in total. The van der Waals surface area contributed by atoms with Crippen molar-refractivity contribution in [2.45, 2.75) is 33.6 Å². The quantitative estimate of drug-likeness (QED) is 0.861. The van der Waals surface area contributed by atoms with Crippen LogP contribution in [0, 0.1) is 43.4 Å². The molecule has 2 aromatic rings. The Morgan fingerprint density at radius 1 is 1.09 bits per heavy atom. The molecule has 0 aliphatic rings. The highest BCUT2D eigenvalue weighted by atomic mass is 32.1. The average molecular weight is 327 g/mol. The molecule has 0 saturated carbocycles. The van der Waals surface area contributed by atoms with Crippen LogP contribution in [0.3, 0.4) is 0 Å². The lowest BCUT2D eigenvalue weighted by Gasteiger charge is -1.91. The molecule has 0 fully saturated rings. The van der Waals surface area contributed by atoms with Crippen molar-refractivity contribution in [3.63, 3.8) is 0 Å². The number of aryl methyl sites for hydroxylation is 3. The van der Waals surface area contributed by atoms with Crippen molar-refractivity contribution in [3.8, 4) is 12.1 Å². The molecular weight excluding hydrogens is 310 g/mol. The number of hydrogen-bond acceptors (Lipinski definition) is 5. The molecule has 0 spiro atoms. The molecule has 0 unspecified atom stereocenters. The van der Waals surface area contributed by atoms with Gasteiger partial charge >= 0.3 is 0 Å². The van der Waals surface area contributed by atoms with E-state index in [1.807, 2.05) is 39.0 Å². The third kappa shape index (κ3) is 5.54. The number of ketones is 2. The van der Waals surface area contributed by atoms with Gasteiger partial charge in [0.1, 0.15) is 0 Å². The van der Waals surface area contributed by atoms with Gasteiger partial charge in [0.25, 0.3) is 0 Å². The number of hydrogen-bond donors (Lipinski definition) is 1. The second-order valence-corrected chi connectivity index (χ2v) is 6.21. The lowest BCUT2D eigenvalue weighted by atomic mass is 10.1. The van der Waals surface area contributed by atoms with Crippen LogP contribution in [0.5, 0.6) is 0 Å². The number of nitrogens with zero attached hydrogens (tertiary/aromatic N) is 2. The zero-order chi connectivity index (χ0) is 17.4. The minimum Gasteiger partial charge on any atom is -0.362 e. The number of aromatic nitrogens is 1. The number of aromatic amines is 1. The summed E-state index contributed by atoms with van der Waals surface area (Å²) in [4.78, 5) is 27.1. The first kappa shape index (κ1) is 18.3. The molecule has 0 aliphatic heterocycles. The Balaban J connectivity index is 0.000000231. The van der Waals surface area contributed by atoms with Gasteiger partial charge in [-0.15, -0.1) is 11.3 Å². The van der Waals surface area contributed by atoms with Gasteiger partial charge in [0.15, 0.2) is 11.6 Å². The van der Waals surface area contributed by atoms with Gasteiger partial charge in [0, 0.05) is 21.8 Å². The highest BCUT2D eigenvalue weighted by Crippen LogP contribution is 2.16. The number of carbonyl (C=O) groups is 2. The summed E-state index contributed by atoms with van der Waals surface area (Å²) in [7, 11) is 0. The fourth-order valence-electron chi connectivity index (χ4n) is 1.92. The monoisotopic (exact) mass is 327 g/mol. The number of Topliss-reactive ketones (excluding diaryl/α,β-unsaturated/α-hetero) is 2. The maximum atomic E-state index is 11.2. The predicted octanol–water partition coefficient (Wildman–Crippen LogP) is 3.88. The first-order chi connectivity index (χ1) is 10.9. The minimum absolute atomic E-state index is 0.0139. The highest BCUT2D eigenvalue weighted by Gasteiger charge is 2.10. The van der Waals surface area contributed by atoms with E-state index in [2.05, 4.69) is 4.98 Å². The molecule has 0 saturated heterocycles. The lowest BCUT2D eigenvalue weighted by molar-refractivity contribution is 0.0991. The molecule has 0 radical (unpaired) electrons. The van der Waals surface area contributed by atoms with Gasteiger partial charge < -0.3 is 4.98 Å². The van der Waals surface area contributed by atoms with Gasteiger partial charge in [-0.1, -0.05) is 0 Å². The maximum Gasteiger partial charge on any atom is 0.186 e. The summed E-state index contributed by atoms with van der Waals surface area (Å²) in [5.74, 6) is -0.190. The number of H-pyrrole nitrogens is 1. The third-order valence-electron chi connectivity index (χ3n) is 2.94. The van der Waals surface area contributed by atoms with Crippen molar-refractivity contribution in [2.24, 2.45) is 0 Å². The van der Waals surface area contributed by atoms with E-state index in [1.165, 1.54) is 11.3 Å². The fraction of sp³-hybridized carbons (Fsp3) is 0.294. The molecule has 23 heavy (non-hydrogen) atoms. The fourth-order valence-corrected chi connectivity index (χ4v) is 2.73. The van der Waals surface area contributed by atoms with Gasteiger partial charge in [-0.3, -0.25) is 9.59 Å². The molecule has 0 atom stereocenters. The molecule has 0 amide bonds. The molecule has 0 aromatic carbocycles. The van der Waals surface area contributed by atoms with E-state index in [0.717, 1.165) is 16.3 Å². The normalized spacial score (nSPS) is 9.26. The second kappa shape index (κ2) is 8.67. The van der Waals surface area contributed by atoms with E-state index < -0.39 is 0 Å². The summed E-state index contributed by atoms with van der Waals surface area (Å²) in [6.07, 6.45) is -0.0575. The molecule has 6 heteroatoms. The molecule has 2 rings (SSSR count). The summed E-state index contributed by atoms with van der Waals surface area (Å²) in [5, 5.41) is 16.6. The number of nitrogens with one attached hydrogen (secondary N) is 1.